The molecule has 3 unspecified atom stereocenters. The summed E-state index contributed by atoms with van der Waals surface area (Å²) < 4.78 is 1.62. The topological polar surface area (TPSA) is 15.3 Å². The van der Waals surface area contributed by atoms with Gasteiger partial charge in [-0.25, -0.2) is 0 Å². The van der Waals surface area contributed by atoms with E-state index in [0.29, 0.717) is 6.04 Å². The monoisotopic (exact) mass is 318 g/mol. The summed E-state index contributed by atoms with van der Waals surface area (Å²) in [7, 11) is 0. The van der Waals surface area contributed by atoms with Gasteiger partial charge in [0.1, 0.15) is 0 Å². The quantitative estimate of drug-likeness (QED) is 0.885. The van der Waals surface area contributed by atoms with E-state index < -0.39 is 0 Å². The summed E-state index contributed by atoms with van der Waals surface area (Å²) in [5, 5.41) is 3.52. The Morgan fingerprint density at radius 2 is 2.16 bits per heavy atom. The molecule has 2 aliphatic heterocycles. The molecule has 0 spiro atoms. The van der Waals surface area contributed by atoms with Gasteiger partial charge in [-0.05, 0) is 45.2 Å². The van der Waals surface area contributed by atoms with Gasteiger partial charge in [0, 0.05) is 30.2 Å². The van der Waals surface area contributed by atoms with Crippen molar-refractivity contribution in [2.24, 2.45) is 11.8 Å². The first-order valence-corrected chi connectivity index (χ1v) is 8.40. The number of hydrogen-bond donors (Lipinski definition) is 1. The van der Waals surface area contributed by atoms with Crippen LogP contribution in [0, 0.1) is 11.8 Å². The van der Waals surface area contributed by atoms with E-state index in [0.717, 1.165) is 40.1 Å². The summed E-state index contributed by atoms with van der Waals surface area (Å²) >= 11 is 13.9. The molecule has 0 radical (unpaired) electrons. The molecule has 2 saturated heterocycles. The normalized spacial score (nSPS) is 31.6. The van der Waals surface area contributed by atoms with E-state index in [1.165, 1.54) is 16.9 Å². The molecule has 0 saturated carbocycles. The summed E-state index contributed by atoms with van der Waals surface area (Å²) in [5.41, 5.74) is 1.39. The highest BCUT2D eigenvalue weighted by atomic mass is 35.5. The Hall–Kier alpha value is 0.200. The Kier molecular flexibility index (Phi) is 3.64. The first-order chi connectivity index (χ1) is 8.91. The number of halogens is 2. The third kappa shape index (κ3) is 2.24. The number of fused-ring (bicyclic) bond motifs is 1. The lowest BCUT2D eigenvalue weighted by atomic mass is 9.84. The van der Waals surface area contributed by atoms with Gasteiger partial charge in [0.2, 0.25) is 0 Å². The number of nitrogens with one attached hydrogen (secondary N) is 1. The molecule has 0 amide bonds. The first kappa shape index (κ1) is 14.2. The van der Waals surface area contributed by atoms with Crippen molar-refractivity contribution in [2.45, 2.75) is 32.4 Å². The molecule has 1 aromatic heterocycles. The van der Waals surface area contributed by atoms with Crippen LogP contribution in [-0.2, 0) is 0 Å². The summed E-state index contributed by atoms with van der Waals surface area (Å²) in [6.45, 7) is 10.4. The molecule has 19 heavy (non-hydrogen) atoms. The number of likely N-dealkylation sites (tertiary alicyclic amines) is 1. The van der Waals surface area contributed by atoms with Gasteiger partial charge in [0.25, 0.3) is 0 Å². The lowest BCUT2D eigenvalue weighted by Crippen LogP contribution is -2.45. The molecule has 1 N–H and O–H groups in total. The van der Waals surface area contributed by atoms with Gasteiger partial charge >= 0.3 is 0 Å². The fourth-order valence-electron chi connectivity index (χ4n) is 3.92. The first-order valence-electron chi connectivity index (χ1n) is 6.83. The zero-order valence-electron chi connectivity index (χ0n) is 11.5. The lowest BCUT2D eigenvalue weighted by Gasteiger charge is -2.39. The van der Waals surface area contributed by atoms with Gasteiger partial charge < -0.3 is 5.32 Å². The van der Waals surface area contributed by atoms with E-state index in [1.807, 2.05) is 6.07 Å². The van der Waals surface area contributed by atoms with Crippen LogP contribution in [0.2, 0.25) is 8.67 Å². The highest BCUT2D eigenvalue weighted by Gasteiger charge is 2.51. The molecule has 3 heterocycles. The van der Waals surface area contributed by atoms with Crippen molar-refractivity contribution in [3.8, 4) is 0 Å². The minimum Gasteiger partial charge on any atom is -0.316 e. The fourth-order valence-corrected chi connectivity index (χ4v) is 5.55. The van der Waals surface area contributed by atoms with Crippen LogP contribution in [0.1, 0.15) is 32.4 Å². The highest BCUT2D eigenvalue weighted by Crippen LogP contribution is 2.47. The molecule has 0 aliphatic carbocycles. The highest BCUT2D eigenvalue weighted by molar-refractivity contribution is 7.20. The molecule has 5 heteroatoms. The van der Waals surface area contributed by atoms with Crippen molar-refractivity contribution >= 4 is 34.5 Å². The number of hydrogen-bond acceptors (Lipinski definition) is 3. The van der Waals surface area contributed by atoms with E-state index in [-0.39, 0.29) is 5.54 Å². The van der Waals surface area contributed by atoms with Crippen LogP contribution >= 0.6 is 34.5 Å². The summed E-state index contributed by atoms with van der Waals surface area (Å²) in [5.74, 6) is 1.51. The van der Waals surface area contributed by atoms with Crippen LogP contribution in [0.5, 0.6) is 0 Å². The van der Waals surface area contributed by atoms with Crippen LogP contribution in [0.25, 0.3) is 0 Å². The van der Waals surface area contributed by atoms with E-state index in [1.54, 1.807) is 0 Å². The predicted molar refractivity (Wildman–Crippen MR) is 83.4 cm³/mol. The Bertz CT molecular complexity index is 486. The van der Waals surface area contributed by atoms with Crippen molar-refractivity contribution in [1.82, 2.24) is 10.2 Å². The van der Waals surface area contributed by atoms with Crippen molar-refractivity contribution in [1.29, 1.82) is 0 Å². The van der Waals surface area contributed by atoms with Gasteiger partial charge in [-0.2, -0.15) is 0 Å². The molecular formula is C14H20Cl2N2S. The van der Waals surface area contributed by atoms with E-state index >= 15 is 0 Å². The van der Waals surface area contributed by atoms with Gasteiger partial charge in [-0.1, -0.05) is 23.2 Å². The number of rotatable bonds is 2. The zero-order chi connectivity index (χ0) is 13.8. The Morgan fingerprint density at radius 1 is 1.42 bits per heavy atom. The molecule has 3 atom stereocenters. The molecule has 2 fully saturated rings. The minimum absolute atomic E-state index is 0.214. The molecule has 0 aromatic carbocycles. The Balaban J connectivity index is 1.88. The SMILES string of the molecule is CC(c1cc(Cl)sc1Cl)N1CC2CNCC2C1(C)C. The molecular weight excluding hydrogens is 299 g/mol. The molecule has 3 rings (SSSR count). The molecule has 2 aliphatic rings. The number of thiophene rings is 1. The average Bonchev–Trinajstić information content (AvgIpc) is 2.96. The summed E-state index contributed by atoms with van der Waals surface area (Å²) in [6.07, 6.45) is 0. The molecule has 2 nitrogen and oxygen atoms in total. The fraction of sp³-hybridized carbons (Fsp3) is 0.714. The smallest absolute Gasteiger partial charge is 0.0991 e. The molecule has 106 valence electrons. The van der Waals surface area contributed by atoms with Crippen molar-refractivity contribution < 1.29 is 0 Å². The van der Waals surface area contributed by atoms with Gasteiger partial charge in [0.15, 0.2) is 0 Å². The van der Waals surface area contributed by atoms with Crippen LogP contribution in [-0.4, -0.2) is 30.1 Å². The van der Waals surface area contributed by atoms with Crippen molar-refractivity contribution in [2.75, 3.05) is 19.6 Å². The third-order valence-corrected chi connectivity index (χ3v) is 6.54. The van der Waals surface area contributed by atoms with Crippen LogP contribution < -0.4 is 5.32 Å². The van der Waals surface area contributed by atoms with Crippen LogP contribution in [0.4, 0.5) is 0 Å². The second-order valence-electron chi connectivity index (χ2n) is 6.29. The maximum absolute atomic E-state index is 6.33. The van der Waals surface area contributed by atoms with Crippen molar-refractivity contribution in [3.05, 3.63) is 20.3 Å². The summed E-state index contributed by atoms with van der Waals surface area (Å²) in [6, 6.07) is 2.36. The maximum atomic E-state index is 6.33. The van der Waals surface area contributed by atoms with Gasteiger partial charge in [-0.15, -0.1) is 11.3 Å². The Labute approximate surface area is 129 Å². The maximum Gasteiger partial charge on any atom is 0.0991 e. The summed E-state index contributed by atoms with van der Waals surface area (Å²) in [4.78, 5) is 2.60. The average molecular weight is 319 g/mol. The van der Waals surface area contributed by atoms with Crippen LogP contribution in [0.3, 0.4) is 0 Å². The lowest BCUT2D eigenvalue weighted by molar-refractivity contribution is 0.0973. The second kappa shape index (κ2) is 4.88. The number of nitrogens with zero attached hydrogens (tertiary/aromatic N) is 1. The largest absolute Gasteiger partial charge is 0.316 e. The van der Waals surface area contributed by atoms with Gasteiger partial charge in [0.05, 0.1) is 8.67 Å². The second-order valence-corrected chi connectivity index (χ2v) is 8.57. The predicted octanol–water partition coefficient (Wildman–Crippen LogP) is 4.05. The molecule has 0 bridgehead atoms. The Morgan fingerprint density at radius 3 is 2.74 bits per heavy atom. The van der Waals surface area contributed by atoms with E-state index in [2.05, 4.69) is 31.0 Å². The van der Waals surface area contributed by atoms with Crippen molar-refractivity contribution in [3.63, 3.8) is 0 Å². The van der Waals surface area contributed by atoms with E-state index in [4.69, 9.17) is 23.2 Å². The minimum atomic E-state index is 0.214. The van der Waals surface area contributed by atoms with E-state index in [9.17, 15) is 0 Å². The zero-order valence-corrected chi connectivity index (χ0v) is 13.9. The third-order valence-electron chi connectivity index (χ3n) is 5.02. The standard InChI is InChI=1S/C14H20Cl2N2S/c1-8(10-4-12(15)19-13(10)16)18-7-9-5-17-6-11(9)14(18,2)3/h4,8-9,11,17H,5-7H2,1-3H3. The molecule has 1 aromatic rings. The van der Waals surface area contributed by atoms with Gasteiger partial charge in [-0.3, -0.25) is 4.90 Å². The van der Waals surface area contributed by atoms with Crippen LogP contribution in [0.15, 0.2) is 6.07 Å².